The number of carbonyl (C=O) groups excluding carboxylic acids is 3. The monoisotopic (exact) mass is 435 g/mol. The first kappa shape index (κ1) is 20.9. The average Bonchev–Trinajstić information content (AvgIpc) is 2.82. The van der Waals surface area contributed by atoms with Crippen molar-refractivity contribution >= 4 is 40.1 Å². The van der Waals surface area contributed by atoms with Gasteiger partial charge in [0.25, 0.3) is 11.8 Å². The van der Waals surface area contributed by atoms with E-state index >= 15 is 0 Å². The third kappa shape index (κ3) is 4.54. The van der Waals surface area contributed by atoms with Crippen molar-refractivity contribution in [1.29, 1.82) is 0 Å². The molecular formula is C24H22ClN3O3. The first-order valence-corrected chi connectivity index (χ1v) is 10.5. The summed E-state index contributed by atoms with van der Waals surface area (Å²) in [6.07, 6.45) is 0. The van der Waals surface area contributed by atoms with Crippen LogP contribution in [0, 0.1) is 0 Å². The lowest BCUT2D eigenvalue weighted by Gasteiger charge is -2.35. The highest BCUT2D eigenvalue weighted by Crippen LogP contribution is 2.21. The van der Waals surface area contributed by atoms with E-state index in [1.165, 1.54) is 0 Å². The molecule has 1 aliphatic heterocycles. The molecule has 3 amide bonds. The molecule has 3 aromatic carbocycles. The molecule has 6 nitrogen and oxygen atoms in total. The van der Waals surface area contributed by atoms with Gasteiger partial charge < -0.3 is 15.1 Å². The summed E-state index contributed by atoms with van der Waals surface area (Å²) >= 11 is 6.02. The van der Waals surface area contributed by atoms with Crippen molar-refractivity contribution in [3.8, 4) is 0 Å². The summed E-state index contributed by atoms with van der Waals surface area (Å²) in [7, 11) is 0. The molecule has 0 aromatic heterocycles. The van der Waals surface area contributed by atoms with E-state index in [9.17, 15) is 14.4 Å². The molecule has 0 atom stereocenters. The van der Waals surface area contributed by atoms with Gasteiger partial charge in [0.15, 0.2) is 0 Å². The summed E-state index contributed by atoms with van der Waals surface area (Å²) in [6.45, 7) is 1.65. The minimum atomic E-state index is -0.385. The van der Waals surface area contributed by atoms with Gasteiger partial charge in [-0.05, 0) is 29.0 Å². The summed E-state index contributed by atoms with van der Waals surface area (Å²) in [6, 6.07) is 20.2. The van der Waals surface area contributed by atoms with E-state index in [1.54, 1.807) is 34.1 Å². The quantitative estimate of drug-likeness (QED) is 0.684. The van der Waals surface area contributed by atoms with Crippen LogP contribution in [0.3, 0.4) is 0 Å². The van der Waals surface area contributed by atoms with Crippen molar-refractivity contribution in [2.75, 3.05) is 32.7 Å². The Kier molecular flexibility index (Phi) is 6.18. The van der Waals surface area contributed by atoms with Gasteiger partial charge in [-0.3, -0.25) is 14.4 Å². The summed E-state index contributed by atoms with van der Waals surface area (Å²) in [5.41, 5.74) is 1.01. The second kappa shape index (κ2) is 9.18. The molecule has 158 valence electrons. The van der Waals surface area contributed by atoms with E-state index in [0.717, 1.165) is 10.8 Å². The number of fused-ring (bicyclic) bond motifs is 1. The lowest BCUT2D eigenvalue weighted by atomic mass is 10.0. The minimum Gasteiger partial charge on any atom is -0.343 e. The smallest absolute Gasteiger partial charge is 0.254 e. The van der Waals surface area contributed by atoms with Crippen LogP contribution >= 0.6 is 11.6 Å². The lowest BCUT2D eigenvalue weighted by Crippen LogP contribution is -2.52. The number of amides is 3. The first-order chi connectivity index (χ1) is 15.0. The van der Waals surface area contributed by atoms with Crippen LogP contribution in [0.5, 0.6) is 0 Å². The van der Waals surface area contributed by atoms with Gasteiger partial charge in [-0.25, -0.2) is 0 Å². The molecule has 7 heteroatoms. The Morgan fingerprint density at radius 1 is 0.774 bits per heavy atom. The van der Waals surface area contributed by atoms with Gasteiger partial charge >= 0.3 is 0 Å². The fourth-order valence-corrected chi connectivity index (χ4v) is 3.97. The van der Waals surface area contributed by atoms with Gasteiger partial charge in [-0.2, -0.15) is 0 Å². The van der Waals surface area contributed by atoms with Crippen LogP contribution in [0.4, 0.5) is 0 Å². The Morgan fingerprint density at radius 2 is 1.39 bits per heavy atom. The van der Waals surface area contributed by atoms with E-state index in [2.05, 4.69) is 5.32 Å². The molecule has 0 bridgehead atoms. The SMILES string of the molecule is O=C(NCC(=O)N1CCN(C(=O)c2cccc3ccccc23)CC1)c1ccccc1Cl. The Hall–Kier alpha value is -3.38. The van der Waals surface area contributed by atoms with E-state index in [1.807, 2.05) is 42.5 Å². The van der Waals surface area contributed by atoms with E-state index < -0.39 is 0 Å². The van der Waals surface area contributed by atoms with Crippen LogP contribution in [-0.2, 0) is 4.79 Å². The minimum absolute atomic E-state index is 0.0316. The molecule has 1 fully saturated rings. The largest absolute Gasteiger partial charge is 0.343 e. The van der Waals surface area contributed by atoms with Crippen molar-refractivity contribution in [2.45, 2.75) is 0 Å². The predicted octanol–water partition coefficient (Wildman–Crippen LogP) is 3.21. The molecule has 0 saturated carbocycles. The highest BCUT2D eigenvalue weighted by molar-refractivity contribution is 6.33. The van der Waals surface area contributed by atoms with Crippen molar-refractivity contribution < 1.29 is 14.4 Å². The van der Waals surface area contributed by atoms with E-state index in [0.29, 0.717) is 42.3 Å². The highest BCUT2D eigenvalue weighted by atomic mass is 35.5. The summed E-state index contributed by atoms with van der Waals surface area (Å²) < 4.78 is 0. The lowest BCUT2D eigenvalue weighted by molar-refractivity contribution is -0.131. The van der Waals surface area contributed by atoms with Crippen molar-refractivity contribution in [3.63, 3.8) is 0 Å². The molecule has 1 saturated heterocycles. The Balaban J connectivity index is 1.33. The number of hydrogen-bond acceptors (Lipinski definition) is 3. The van der Waals surface area contributed by atoms with Crippen molar-refractivity contribution in [1.82, 2.24) is 15.1 Å². The van der Waals surface area contributed by atoms with Crippen LogP contribution in [-0.4, -0.2) is 60.2 Å². The summed E-state index contributed by atoms with van der Waals surface area (Å²) in [4.78, 5) is 41.2. The molecule has 1 heterocycles. The zero-order valence-corrected chi connectivity index (χ0v) is 17.6. The van der Waals surface area contributed by atoms with E-state index in [-0.39, 0.29) is 24.3 Å². The van der Waals surface area contributed by atoms with Gasteiger partial charge in [0, 0.05) is 31.7 Å². The maximum atomic E-state index is 13.0. The number of benzene rings is 3. The topological polar surface area (TPSA) is 69.7 Å². The number of halogens is 1. The molecule has 4 rings (SSSR count). The number of piperazine rings is 1. The zero-order chi connectivity index (χ0) is 21.8. The van der Waals surface area contributed by atoms with Crippen molar-refractivity contribution in [3.05, 3.63) is 82.9 Å². The highest BCUT2D eigenvalue weighted by Gasteiger charge is 2.26. The Labute approximate surface area is 185 Å². The molecular weight excluding hydrogens is 414 g/mol. The van der Waals surface area contributed by atoms with Crippen molar-refractivity contribution in [2.24, 2.45) is 0 Å². The third-order valence-electron chi connectivity index (χ3n) is 5.46. The second-order valence-corrected chi connectivity index (χ2v) is 7.77. The number of nitrogens with one attached hydrogen (secondary N) is 1. The molecule has 0 radical (unpaired) electrons. The number of rotatable bonds is 4. The maximum absolute atomic E-state index is 13.0. The van der Waals surface area contributed by atoms with E-state index in [4.69, 9.17) is 11.6 Å². The third-order valence-corrected chi connectivity index (χ3v) is 5.79. The first-order valence-electron chi connectivity index (χ1n) is 10.1. The number of hydrogen-bond donors (Lipinski definition) is 1. The summed E-state index contributed by atoms with van der Waals surface area (Å²) in [5.74, 6) is -0.600. The molecule has 3 aromatic rings. The van der Waals surface area contributed by atoms with Gasteiger partial charge in [0.05, 0.1) is 17.1 Å². The predicted molar refractivity (Wildman–Crippen MR) is 120 cm³/mol. The maximum Gasteiger partial charge on any atom is 0.254 e. The molecule has 0 aliphatic carbocycles. The van der Waals surface area contributed by atoms with Gasteiger partial charge in [-0.15, -0.1) is 0 Å². The molecule has 0 spiro atoms. The molecule has 1 aliphatic rings. The Bertz CT molecular complexity index is 1130. The number of carbonyl (C=O) groups is 3. The standard InChI is InChI=1S/C24H22ClN3O3/c25-21-11-4-3-9-20(21)23(30)26-16-22(29)27-12-14-28(15-13-27)24(31)19-10-5-7-17-6-1-2-8-18(17)19/h1-11H,12-16H2,(H,26,30). The second-order valence-electron chi connectivity index (χ2n) is 7.36. The van der Waals surface area contributed by atoms with Gasteiger partial charge in [-0.1, -0.05) is 60.1 Å². The normalized spacial score (nSPS) is 13.8. The van der Waals surface area contributed by atoms with Gasteiger partial charge in [0.2, 0.25) is 5.91 Å². The van der Waals surface area contributed by atoms with Crippen LogP contribution in [0.2, 0.25) is 5.02 Å². The zero-order valence-electron chi connectivity index (χ0n) is 16.9. The molecule has 0 unspecified atom stereocenters. The molecule has 1 N–H and O–H groups in total. The number of nitrogens with zero attached hydrogens (tertiary/aromatic N) is 2. The fraction of sp³-hybridized carbons (Fsp3) is 0.208. The molecule has 31 heavy (non-hydrogen) atoms. The van der Waals surface area contributed by atoms with Crippen LogP contribution < -0.4 is 5.32 Å². The average molecular weight is 436 g/mol. The summed E-state index contributed by atoms with van der Waals surface area (Å²) in [5, 5.41) is 4.91. The van der Waals surface area contributed by atoms with Crippen LogP contribution in [0.15, 0.2) is 66.7 Å². The van der Waals surface area contributed by atoms with Gasteiger partial charge in [0.1, 0.15) is 0 Å². The fourth-order valence-electron chi connectivity index (χ4n) is 3.75. The van der Waals surface area contributed by atoms with Crippen LogP contribution in [0.1, 0.15) is 20.7 Å². The van der Waals surface area contributed by atoms with Crippen LogP contribution in [0.25, 0.3) is 10.8 Å². The Morgan fingerprint density at radius 3 is 2.16 bits per heavy atom.